The molecule has 3 aromatic rings. The minimum atomic E-state index is -3.79. The molecule has 1 aromatic heterocycles. The van der Waals surface area contributed by atoms with Crippen molar-refractivity contribution in [3.8, 4) is 0 Å². The number of nitrogens with one attached hydrogen (secondary N) is 1. The molecule has 0 aliphatic carbocycles. The first-order valence-electron chi connectivity index (χ1n) is 7.08. The maximum Gasteiger partial charge on any atom is 0.335 e. The average molecular weight is 342 g/mol. The summed E-state index contributed by atoms with van der Waals surface area (Å²) in [5.74, 6) is -1.06. The standard InChI is InChI=1S/C17H14N2O4S/c1-11-9-13(17(20)21)4-6-15(11)19-24(22,23)14-5-7-16-12(10-14)3-2-8-18-16/h2-10,19H,1H3,(H,20,21). The van der Waals surface area contributed by atoms with Crippen LogP contribution in [0.2, 0.25) is 0 Å². The van der Waals surface area contributed by atoms with E-state index in [1.165, 1.54) is 24.3 Å². The van der Waals surface area contributed by atoms with Crippen molar-refractivity contribution in [3.63, 3.8) is 0 Å². The number of rotatable bonds is 4. The van der Waals surface area contributed by atoms with E-state index in [9.17, 15) is 13.2 Å². The summed E-state index contributed by atoms with van der Waals surface area (Å²) >= 11 is 0. The molecular weight excluding hydrogens is 328 g/mol. The first-order valence-corrected chi connectivity index (χ1v) is 8.57. The van der Waals surface area contributed by atoms with Gasteiger partial charge in [0.1, 0.15) is 0 Å². The number of carboxylic acid groups (broad SMARTS) is 1. The van der Waals surface area contributed by atoms with Crippen molar-refractivity contribution in [1.29, 1.82) is 0 Å². The van der Waals surface area contributed by atoms with E-state index >= 15 is 0 Å². The number of aryl methyl sites for hydroxylation is 1. The molecule has 24 heavy (non-hydrogen) atoms. The number of aromatic carboxylic acids is 1. The van der Waals surface area contributed by atoms with Gasteiger partial charge in [0.25, 0.3) is 10.0 Å². The number of carbonyl (C=O) groups is 1. The van der Waals surface area contributed by atoms with Crippen LogP contribution < -0.4 is 4.72 Å². The number of fused-ring (bicyclic) bond motifs is 1. The number of carboxylic acids is 1. The van der Waals surface area contributed by atoms with Gasteiger partial charge < -0.3 is 5.11 Å². The predicted molar refractivity (Wildman–Crippen MR) is 90.7 cm³/mol. The Morgan fingerprint density at radius 2 is 1.92 bits per heavy atom. The first-order chi connectivity index (χ1) is 11.4. The number of pyridine rings is 1. The normalized spacial score (nSPS) is 11.4. The third-order valence-electron chi connectivity index (χ3n) is 3.60. The highest BCUT2D eigenvalue weighted by Crippen LogP contribution is 2.23. The van der Waals surface area contributed by atoms with E-state index in [0.29, 0.717) is 16.8 Å². The average Bonchev–Trinajstić information content (AvgIpc) is 2.56. The van der Waals surface area contributed by atoms with E-state index in [-0.39, 0.29) is 10.5 Å². The third-order valence-corrected chi connectivity index (χ3v) is 4.97. The fraction of sp³-hybridized carbons (Fsp3) is 0.0588. The Balaban J connectivity index is 1.97. The van der Waals surface area contributed by atoms with Gasteiger partial charge in [-0.25, -0.2) is 13.2 Å². The highest BCUT2D eigenvalue weighted by molar-refractivity contribution is 7.92. The van der Waals surface area contributed by atoms with E-state index in [0.717, 1.165) is 5.39 Å². The summed E-state index contributed by atoms with van der Waals surface area (Å²) in [6.07, 6.45) is 1.64. The van der Waals surface area contributed by atoms with Gasteiger partial charge in [-0.2, -0.15) is 0 Å². The van der Waals surface area contributed by atoms with Gasteiger partial charge in [0.15, 0.2) is 0 Å². The molecule has 0 spiro atoms. The summed E-state index contributed by atoms with van der Waals surface area (Å²) < 4.78 is 27.6. The number of sulfonamides is 1. The molecule has 0 fully saturated rings. The van der Waals surface area contributed by atoms with Crippen LogP contribution in [0.25, 0.3) is 10.9 Å². The lowest BCUT2D eigenvalue weighted by atomic mass is 10.1. The molecule has 0 aliphatic heterocycles. The van der Waals surface area contributed by atoms with Crippen molar-refractivity contribution >= 4 is 32.6 Å². The van der Waals surface area contributed by atoms with E-state index in [1.807, 2.05) is 0 Å². The molecule has 7 heteroatoms. The summed E-state index contributed by atoms with van der Waals surface area (Å²) in [6.45, 7) is 1.65. The smallest absolute Gasteiger partial charge is 0.335 e. The Bertz CT molecular complexity index is 1050. The van der Waals surface area contributed by atoms with Gasteiger partial charge in [-0.05, 0) is 55.0 Å². The van der Waals surface area contributed by atoms with Crippen LogP contribution in [0.1, 0.15) is 15.9 Å². The van der Waals surface area contributed by atoms with E-state index in [1.54, 1.807) is 37.4 Å². The highest BCUT2D eigenvalue weighted by atomic mass is 32.2. The monoisotopic (exact) mass is 342 g/mol. The molecule has 0 saturated carbocycles. The highest BCUT2D eigenvalue weighted by Gasteiger charge is 2.16. The van der Waals surface area contributed by atoms with Crippen LogP contribution in [0.5, 0.6) is 0 Å². The van der Waals surface area contributed by atoms with E-state index < -0.39 is 16.0 Å². The van der Waals surface area contributed by atoms with Gasteiger partial charge in [-0.1, -0.05) is 6.07 Å². The van der Waals surface area contributed by atoms with Crippen molar-refractivity contribution in [2.24, 2.45) is 0 Å². The molecule has 2 aromatic carbocycles. The molecule has 1 heterocycles. The van der Waals surface area contributed by atoms with Crippen LogP contribution >= 0.6 is 0 Å². The van der Waals surface area contributed by atoms with Crippen LogP contribution in [-0.2, 0) is 10.0 Å². The molecule has 0 aliphatic rings. The largest absolute Gasteiger partial charge is 0.478 e. The Labute approximate surface area is 138 Å². The Hall–Kier alpha value is -2.93. The van der Waals surface area contributed by atoms with Gasteiger partial charge in [-0.15, -0.1) is 0 Å². The summed E-state index contributed by atoms with van der Waals surface area (Å²) in [6, 6.07) is 12.4. The van der Waals surface area contributed by atoms with Crippen LogP contribution in [-0.4, -0.2) is 24.5 Å². The second-order valence-electron chi connectivity index (χ2n) is 5.30. The van der Waals surface area contributed by atoms with Gasteiger partial charge in [0.05, 0.1) is 21.7 Å². The van der Waals surface area contributed by atoms with Crippen LogP contribution in [0, 0.1) is 6.92 Å². The molecule has 0 unspecified atom stereocenters. The molecule has 0 amide bonds. The van der Waals surface area contributed by atoms with Gasteiger partial charge in [0, 0.05) is 11.6 Å². The number of anilines is 1. The van der Waals surface area contributed by atoms with Crippen molar-refractivity contribution in [3.05, 3.63) is 65.9 Å². The van der Waals surface area contributed by atoms with Crippen molar-refractivity contribution in [2.75, 3.05) is 4.72 Å². The molecule has 122 valence electrons. The van der Waals surface area contributed by atoms with Gasteiger partial charge >= 0.3 is 5.97 Å². The molecule has 3 rings (SSSR count). The number of aromatic nitrogens is 1. The van der Waals surface area contributed by atoms with Crippen LogP contribution in [0.4, 0.5) is 5.69 Å². The van der Waals surface area contributed by atoms with Gasteiger partial charge in [-0.3, -0.25) is 9.71 Å². The SMILES string of the molecule is Cc1cc(C(=O)O)ccc1NS(=O)(=O)c1ccc2ncccc2c1. The summed E-state index contributed by atoms with van der Waals surface area (Å²) in [7, 11) is -3.79. The zero-order chi connectivity index (χ0) is 17.3. The first kappa shape index (κ1) is 15.9. The van der Waals surface area contributed by atoms with Gasteiger partial charge in [0.2, 0.25) is 0 Å². The Kier molecular flexibility index (Phi) is 3.94. The molecular formula is C17H14N2O4S. The van der Waals surface area contributed by atoms with E-state index in [4.69, 9.17) is 5.11 Å². The molecule has 2 N–H and O–H groups in total. The second-order valence-corrected chi connectivity index (χ2v) is 6.98. The van der Waals surface area contributed by atoms with Crippen molar-refractivity contribution < 1.29 is 18.3 Å². The number of nitrogens with zero attached hydrogens (tertiary/aromatic N) is 1. The lowest BCUT2D eigenvalue weighted by Gasteiger charge is -2.11. The molecule has 0 saturated heterocycles. The summed E-state index contributed by atoms with van der Waals surface area (Å²) in [5, 5.41) is 9.69. The second kappa shape index (κ2) is 5.93. The number of hydrogen-bond donors (Lipinski definition) is 2. The topological polar surface area (TPSA) is 96.4 Å². The number of hydrogen-bond acceptors (Lipinski definition) is 4. The van der Waals surface area contributed by atoms with Crippen LogP contribution in [0.15, 0.2) is 59.6 Å². The van der Waals surface area contributed by atoms with Crippen LogP contribution in [0.3, 0.4) is 0 Å². The maximum atomic E-state index is 12.6. The minimum absolute atomic E-state index is 0.104. The third kappa shape index (κ3) is 3.07. The lowest BCUT2D eigenvalue weighted by Crippen LogP contribution is -2.14. The fourth-order valence-electron chi connectivity index (χ4n) is 2.34. The molecule has 0 atom stereocenters. The predicted octanol–water partition coefficient (Wildman–Crippen LogP) is 3.04. The molecule has 6 nitrogen and oxygen atoms in total. The lowest BCUT2D eigenvalue weighted by molar-refractivity contribution is 0.0697. The van der Waals surface area contributed by atoms with Crippen molar-refractivity contribution in [1.82, 2.24) is 4.98 Å². The summed E-state index contributed by atoms with van der Waals surface area (Å²) in [4.78, 5) is 15.2. The molecule has 0 radical (unpaired) electrons. The number of benzene rings is 2. The van der Waals surface area contributed by atoms with Crippen molar-refractivity contribution in [2.45, 2.75) is 11.8 Å². The zero-order valence-corrected chi connectivity index (χ0v) is 13.5. The molecule has 0 bridgehead atoms. The quantitative estimate of drug-likeness (QED) is 0.759. The Morgan fingerprint density at radius 1 is 1.12 bits per heavy atom. The van der Waals surface area contributed by atoms with E-state index in [2.05, 4.69) is 9.71 Å². The fourth-order valence-corrected chi connectivity index (χ4v) is 3.50. The summed E-state index contributed by atoms with van der Waals surface area (Å²) in [5.41, 5.74) is 1.68. The minimum Gasteiger partial charge on any atom is -0.478 e. The maximum absolute atomic E-state index is 12.6. The Morgan fingerprint density at radius 3 is 2.62 bits per heavy atom. The zero-order valence-electron chi connectivity index (χ0n) is 12.7.